The summed E-state index contributed by atoms with van der Waals surface area (Å²) in [6.45, 7) is 4.73. The van der Waals surface area contributed by atoms with Crippen LogP contribution in [0.5, 0.6) is 0 Å². The first-order valence-corrected chi connectivity index (χ1v) is 20.5. The second-order valence-corrected chi connectivity index (χ2v) is 16.8. The van der Waals surface area contributed by atoms with Crippen molar-refractivity contribution in [2.24, 2.45) is 0 Å². The summed E-state index contributed by atoms with van der Waals surface area (Å²) in [5.74, 6) is 1.62. The molecule has 3 aliphatic rings. The summed E-state index contributed by atoms with van der Waals surface area (Å²) in [4.78, 5) is 2.49. The zero-order chi connectivity index (χ0) is 39.0. The molecule has 3 heteroatoms. The van der Waals surface area contributed by atoms with Crippen molar-refractivity contribution in [2.75, 3.05) is 4.90 Å². The number of anilines is 3. The Bertz CT molecular complexity index is 3270. The molecule has 0 saturated heterocycles. The van der Waals surface area contributed by atoms with Crippen molar-refractivity contribution < 1.29 is 8.83 Å². The number of hydrogen-bond acceptors (Lipinski definition) is 3. The summed E-state index contributed by atoms with van der Waals surface area (Å²) >= 11 is 0. The number of benzene rings is 8. The molecule has 3 heterocycles. The van der Waals surface area contributed by atoms with Crippen LogP contribution in [0.15, 0.2) is 197 Å². The van der Waals surface area contributed by atoms with Crippen molar-refractivity contribution in [1.29, 1.82) is 0 Å². The topological polar surface area (TPSA) is 29.5 Å². The quantitative estimate of drug-likeness (QED) is 0.168. The van der Waals surface area contributed by atoms with Crippen molar-refractivity contribution in [3.8, 4) is 44.9 Å². The van der Waals surface area contributed by atoms with E-state index in [1.165, 1.54) is 82.9 Å². The molecule has 13 rings (SSSR count). The van der Waals surface area contributed by atoms with Gasteiger partial charge in [-0.05, 0) is 120 Å². The maximum Gasteiger partial charge on any atom is 0.174 e. The lowest BCUT2D eigenvalue weighted by Crippen LogP contribution is -2.36. The number of para-hydroxylation sites is 1. The van der Waals surface area contributed by atoms with Gasteiger partial charge in [-0.15, -0.1) is 0 Å². The number of nitrogens with zero attached hydrogens (tertiary/aromatic N) is 1. The first-order valence-electron chi connectivity index (χ1n) is 20.5. The fourth-order valence-corrected chi connectivity index (χ4v) is 11.2. The smallest absolute Gasteiger partial charge is 0.174 e. The SMILES string of the molecule is CC1(C)c2ccccc2-c2cc3c(cc21)N(c1ccc(-c2c4ccccc4c(-c4ccccc4)c4ccccc24)cc1)c1ccccc1C31c2ccoc2-c2occc21. The van der Waals surface area contributed by atoms with Gasteiger partial charge in [0.25, 0.3) is 0 Å². The molecule has 1 spiro atoms. The minimum absolute atomic E-state index is 0.175. The predicted octanol–water partition coefficient (Wildman–Crippen LogP) is 15.0. The highest BCUT2D eigenvalue weighted by atomic mass is 16.4. The second-order valence-electron chi connectivity index (χ2n) is 16.8. The molecule has 2 aromatic heterocycles. The molecule has 0 saturated carbocycles. The Morgan fingerprint density at radius 2 is 0.915 bits per heavy atom. The van der Waals surface area contributed by atoms with Gasteiger partial charge in [0.15, 0.2) is 11.5 Å². The highest BCUT2D eigenvalue weighted by Crippen LogP contribution is 2.65. The molecule has 0 amide bonds. The van der Waals surface area contributed by atoms with E-state index in [4.69, 9.17) is 8.83 Å². The molecule has 59 heavy (non-hydrogen) atoms. The second kappa shape index (κ2) is 11.6. The van der Waals surface area contributed by atoms with Crippen LogP contribution in [0.3, 0.4) is 0 Å². The van der Waals surface area contributed by atoms with E-state index >= 15 is 0 Å². The molecule has 0 radical (unpaired) electrons. The lowest BCUT2D eigenvalue weighted by atomic mass is 9.64. The summed E-state index contributed by atoms with van der Waals surface area (Å²) in [6.07, 6.45) is 3.63. The molecule has 0 unspecified atom stereocenters. The van der Waals surface area contributed by atoms with Gasteiger partial charge >= 0.3 is 0 Å². The van der Waals surface area contributed by atoms with E-state index in [9.17, 15) is 0 Å². The van der Waals surface area contributed by atoms with Crippen LogP contribution in [0.1, 0.15) is 47.2 Å². The van der Waals surface area contributed by atoms with Crippen LogP contribution >= 0.6 is 0 Å². The van der Waals surface area contributed by atoms with E-state index in [-0.39, 0.29) is 5.41 Å². The maximum absolute atomic E-state index is 6.25. The zero-order valence-corrected chi connectivity index (χ0v) is 32.7. The lowest BCUT2D eigenvalue weighted by molar-refractivity contribution is 0.525. The molecule has 1 aliphatic heterocycles. The molecule has 3 nitrogen and oxygen atoms in total. The number of rotatable bonds is 3. The third-order valence-corrected chi connectivity index (χ3v) is 13.6. The van der Waals surface area contributed by atoms with E-state index in [2.05, 4.69) is 195 Å². The van der Waals surface area contributed by atoms with Crippen molar-refractivity contribution in [3.05, 3.63) is 222 Å². The van der Waals surface area contributed by atoms with Gasteiger partial charge in [0.05, 0.1) is 29.3 Å². The van der Waals surface area contributed by atoms with E-state index in [0.717, 1.165) is 34.0 Å². The number of hydrogen-bond donors (Lipinski definition) is 0. The Hall–Kier alpha value is -7.36. The summed E-state index contributed by atoms with van der Waals surface area (Å²) < 4.78 is 12.5. The third-order valence-electron chi connectivity index (χ3n) is 13.6. The average Bonchev–Trinajstić information content (AvgIpc) is 4.06. The van der Waals surface area contributed by atoms with Gasteiger partial charge in [0, 0.05) is 22.2 Å². The van der Waals surface area contributed by atoms with E-state index in [0.29, 0.717) is 0 Å². The molecule has 0 bridgehead atoms. The highest BCUT2D eigenvalue weighted by molar-refractivity contribution is 6.21. The van der Waals surface area contributed by atoms with Crippen LogP contribution in [0.25, 0.3) is 66.4 Å². The minimum atomic E-state index is -0.623. The largest absolute Gasteiger partial charge is 0.461 e. The summed E-state index contributed by atoms with van der Waals surface area (Å²) in [5, 5.41) is 5.01. The normalized spacial score (nSPS) is 14.8. The molecule has 2 aliphatic carbocycles. The fourth-order valence-electron chi connectivity index (χ4n) is 11.2. The summed E-state index contributed by atoms with van der Waals surface area (Å²) in [6, 6.07) is 65.0. The average molecular weight is 756 g/mol. The van der Waals surface area contributed by atoms with Crippen LogP contribution in [-0.2, 0) is 10.8 Å². The van der Waals surface area contributed by atoms with Gasteiger partial charge in [-0.2, -0.15) is 0 Å². The lowest BCUT2D eigenvalue weighted by Gasteiger charge is -2.44. The molecule has 0 fully saturated rings. The first-order chi connectivity index (χ1) is 29.0. The van der Waals surface area contributed by atoms with Crippen LogP contribution in [0.2, 0.25) is 0 Å². The van der Waals surface area contributed by atoms with Crippen molar-refractivity contribution in [3.63, 3.8) is 0 Å². The molecular formula is C56H37NO2. The molecule has 10 aromatic rings. The molecule has 0 N–H and O–H groups in total. The predicted molar refractivity (Wildman–Crippen MR) is 240 cm³/mol. The molecular weight excluding hydrogens is 719 g/mol. The van der Waals surface area contributed by atoms with Crippen LogP contribution in [-0.4, -0.2) is 0 Å². The van der Waals surface area contributed by atoms with Crippen LogP contribution in [0.4, 0.5) is 17.1 Å². The molecule has 0 atom stereocenters. The number of furan rings is 2. The minimum Gasteiger partial charge on any atom is -0.461 e. The van der Waals surface area contributed by atoms with E-state index in [1.807, 2.05) is 12.5 Å². The Balaban J connectivity index is 1.06. The van der Waals surface area contributed by atoms with Gasteiger partial charge in [-0.25, -0.2) is 0 Å². The maximum atomic E-state index is 6.25. The van der Waals surface area contributed by atoms with Gasteiger partial charge in [-0.3, -0.25) is 0 Å². The summed E-state index contributed by atoms with van der Waals surface area (Å²) in [7, 11) is 0. The summed E-state index contributed by atoms with van der Waals surface area (Å²) in [5.41, 5.74) is 17.5. The van der Waals surface area contributed by atoms with Crippen LogP contribution in [0, 0.1) is 0 Å². The van der Waals surface area contributed by atoms with Gasteiger partial charge in [0.2, 0.25) is 0 Å². The van der Waals surface area contributed by atoms with Gasteiger partial charge in [0.1, 0.15) is 0 Å². The van der Waals surface area contributed by atoms with Crippen molar-refractivity contribution in [1.82, 2.24) is 0 Å². The number of fused-ring (bicyclic) bond motifs is 14. The highest BCUT2D eigenvalue weighted by Gasteiger charge is 2.55. The zero-order valence-electron chi connectivity index (χ0n) is 32.7. The first kappa shape index (κ1) is 32.7. The van der Waals surface area contributed by atoms with Gasteiger partial charge in [-0.1, -0.05) is 147 Å². The monoisotopic (exact) mass is 755 g/mol. The standard InChI is InChI=1S/C56H37NO2/c1-55(2)43-21-11-10-16-37(43)42-32-48-50(33-47(42)55)57(49-23-13-12-22-44(49)56(48)45-28-30-58-53(45)54-46(56)29-31-59-54)36-26-24-35(25-27-36)52-40-19-8-6-17-38(40)51(34-14-4-3-5-15-34)39-18-7-9-20-41(39)52/h3-33H,1-2H3. The Labute approximate surface area is 342 Å². The molecule has 278 valence electrons. The van der Waals surface area contributed by atoms with Crippen molar-refractivity contribution >= 4 is 38.6 Å². The van der Waals surface area contributed by atoms with Gasteiger partial charge < -0.3 is 13.7 Å². The fraction of sp³-hybridized carbons (Fsp3) is 0.0714. The van der Waals surface area contributed by atoms with Crippen molar-refractivity contribution in [2.45, 2.75) is 24.7 Å². The molecule has 8 aromatic carbocycles. The van der Waals surface area contributed by atoms with E-state index in [1.54, 1.807) is 0 Å². The Morgan fingerprint density at radius 1 is 0.390 bits per heavy atom. The Morgan fingerprint density at radius 3 is 1.54 bits per heavy atom. The third kappa shape index (κ3) is 4.11. The van der Waals surface area contributed by atoms with Crippen LogP contribution < -0.4 is 4.90 Å². The Kier molecular flexibility index (Phi) is 6.44. The van der Waals surface area contributed by atoms with E-state index < -0.39 is 5.41 Å².